The van der Waals surface area contributed by atoms with Crippen LogP contribution in [0.25, 0.3) is 0 Å². The van der Waals surface area contributed by atoms with Gasteiger partial charge in [-0.1, -0.05) is 18.2 Å². The maximum atomic E-state index is 13.4. The van der Waals surface area contributed by atoms with Gasteiger partial charge in [0.1, 0.15) is 11.3 Å². The Morgan fingerprint density at radius 3 is 2.60 bits per heavy atom. The molecule has 0 bridgehead atoms. The number of carbonyl (C=O) groups excluding carboxylic acids is 1. The summed E-state index contributed by atoms with van der Waals surface area (Å²) in [6, 6.07) is 6.53. The molecule has 1 aromatic carbocycles. The molecule has 8 heteroatoms. The first-order valence-corrected chi connectivity index (χ1v) is 7.33. The fourth-order valence-electron chi connectivity index (χ4n) is 2.65. The maximum Gasteiger partial charge on any atom is 0.416 e. The van der Waals surface area contributed by atoms with Crippen molar-refractivity contribution < 1.29 is 27.4 Å². The van der Waals surface area contributed by atoms with Crippen LogP contribution in [0.3, 0.4) is 0 Å². The van der Waals surface area contributed by atoms with Crippen molar-refractivity contribution in [2.24, 2.45) is 5.73 Å². The molecule has 1 atom stereocenters. The number of nitrogens with two attached hydrogens (primary N) is 1. The van der Waals surface area contributed by atoms with E-state index in [0.29, 0.717) is 0 Å². The lowest BCUT2D eigenvalue weighted by Gasteiger charge is -2.28. The van der Waals surface area contributed by atoms with Gasteiger partial charge in [-0.3, -0.25) is 0 Å². The molecule has 2 rings (SSSR count). The number of alkyl halides is 3. The molecule has 0 aromatic heterocycles. The van der Waals surface area contributed by atoms with Crippen molar-refractivity contribution in [3.63, 3.8) is 0 Å². The van der Waals surface area contributed by atoms with Crippen molar-refractivity contribution in [3.8, 4) is 6.07 Å². The van der Waals surface area contributed by atoms with E-state index in [1.165, 1.54) is 25.1 Å². The van der Waals surface area contributed by atoms with Crippen LogP contribution in [-0.4, -0.2) is 12.6 Å². The summed E-state index contributed by atoms with van der Waals surface area (Å²) in [6.45, 7) is 2.94. The van der Waals surface area contributed by atoms with E-state index in [9.17, 15) is 23.2 Å². The molecule has 2 N–H and O–H groups in total. The average Bonchev–Trinajstić information content (AvgIpc) is 2.53. The molecule has 0 saturated heterocycles. The van der Waals surface area contributed by atoms with E-state index in [-0.39, 0.29) is 35.0 Å². The third kappa shape index (κ3) is 3.45. The highest BCUT2D eigenvalue weighted by atomic mass is 19.4. The van der Waals surface area contributed by atoms with Gasteiger partial charge < -0.3 is 15.2 Å². The predicted octanol–water partition coefficient (Wildman–Crippen LogP) is 3.35. The Balaban J connectivity index is 2.75. The zero-order chi connectivity index (χ0) is 18.8. The number of ether oxygens (including phenoxy) is 2. The van der Waals surface area contributed by atoms with E-state index >= 15 is 0 Å². The maximum absolute atomic E-state index is 13.4. The van der Waals surface area contributed by atoms with Crippen molar-refractivity contribution in [2.75, 3.05) is 6.61 Å². The summed E-state index contributed by atoms with van der Waals surface area (Å²) in [4.78, 5) is 12.3. The van der Waals surface area contributed by atoms with Crippen LogP contribution in [-0.2, 0) is 20.4 Å². The number of rotatable bonds is 3. The van der Waals surface area contributed by atoms with Crippen LogP contribution < -0.4 is 5.73 Å². The smallest absolute Gasteiger partial charge is 0.416 e. The second-order valence-electron chi connectivity index (χ2n) is 5.20. The summed E-state index contributed by atoms with van der Waals surface area (Å²) >= 11 is 0. The second kappa shape index (κ2) is 6.89. The molecule has 0 aliphatic carbocycles. The Labute approximate surface area is 142 Å². The van der Waals surface area contributed by atoms with Crippen LogP contribution in [0.5, 0.6) is 0 Å². The number of hydrogen-bond acceptors (Lipinski definition) is 5. The molecule has 1 aliphatic heterocycles. The van der Waals surface area contributed by atoms with Crippen LogP contribution in [0.1, 0.15) is 30.9 Å². The molecular formula is C17H15F3N2O3. The lowest BCUT2D eigenvalue weighted by molar-refractivity contribution is -0.140. The average molecular weight is 352 g/mol. The summed E-state index contributed by atoms with van der Waals surface area (Å²) in [5, 5.41) is 9.42. The molecule has 1 heterocycles. The van der Waals surface area contributed by atoms with Crippen molar-refractivity contribution >= 4 is 5.97 Å². The minimum Gasteiger partial charge on any atom is -0.462 e. The van der Waals surface area contributed by atoms with E-state index in [1.807, 2.05) is 6.07 Å². The summed E-state index contributed by atoms with van der Waals surface area (Å²) in [5.74, 6) is -2.59. The number of nitrogens with zero attached hydrogens (tertiary/aromatic N) is 1. The SMILES string of the molecule is CCOC(=O)C1=C(N)OC(C)=C(C#N)[C@H]1c1ccccc1C(F)(F)F. The zero-order valence-corrected chi connectivity index (χ0v) is 13.5. The quantitative estimate of drug-likeness (QED) is 0.843. The first-order valence-electron chi connectivity index (χ1n) is 7.33. The second-order valence-corrected chi connectivity index (χ2v) is 5.20. The predicted molar refractivity (Wildman–Crippen MR) is 81.4 cm³/mol. The molecular weight excluding hydrogens is 337 g/mol. The molecule has 0 unspecified atom stereocenters. The van der Waals surface area contributed by atoms with Crippen LogP contribution in [0.4, 0.5) is 13.2 Å². The fraction of sp³-hybridized carbons (Fsp3) is 0.294. The van der Waals surface area contributed by atoms with E-state index in [0.717, 1.165) is 6.07 Å². The van der Waals surface area contributed by atoms with Gasteiger partial charge in [-0.25, -0.2) is 4.79 Å². The van der Waals surface area contributed by atoms with Crippen molar-refractivity contribution in [1.29, 1.82) is 5.26 Å². The highest BCUT2D eigenvalue weighted by Crippen LogP contribution is 2.44. The molecule has 132 valence electrons. The van der Waals surface area contributed by atoms with Gasteiger partial charge in [-0.2, -0.15) is 18.4 Å². The van der Waals surface area contributed by atoms with Gasteiger partial charge in [0.25, 0.3) is 0 Å². The number of allylic oxidation sites excluding steroid dienone is 2. The standard InChI is InChI=1S/C17H15F3N2O3/c1-3-24-16(23)14-13(11(8-21)9(2)25-15(14)22)10-6-4-5-7-12(10)17(18,19)20/h4-7,13H,3,22H2,1-2H3/t13-/m1/s1. The van der Waals surface area contributed by atoms with E-state index in [4.69, 9.17) is 15.2 Å². The minimum atomic E-state index is -4.67. The monoisotopic (exact) mass is 352 g/mol. The Hall–Kier alpha value is -2.95. The van der Waals surface area contributed by atoms with Gasteiger partial charge in [0.2, 0.25) is 5.88 Å². The van der Waals surface area contributed by atoms with Crippen molar-refractivity contribution in [2.45, 2.75) is 25.9 Å². The number of halogens is 3. The highest BCUT2D eigenvalue weighted by Gasteiger charge is 2.42. The summed E-state index contributed by atoms with van der Waals surface area (Å²) in [5.41, 5.74) is 4.06. The third-order valence-electron chi connectivity index (χ3n) is 3.68. The van der Waals surface area contributed by atoms with Crippen LogP contribution >= 0.6 is 0 Å². The molecule has 0 spiro atoms. The number of esters is 1. The molecule has 1 aliphatic rings. The van der Waals surface area contributed by atoms with E-state index in [2.05, 4.69) is 0 Å². The zero-order valence-electron chi connectivity index (χ0n) is 13.5. The third-order valence-corrected chi connectivity index (χ3v) is 3.68. The van der Waals surface area contributed by atoms with Crippen molar-refractivity contribution in [1.82, 2.24) is 0 Å². The molecule has 0 amide bonds. The largest absolute Gasteiger partial charge is 0.462 e. The van der Waals surface area contributed by atoms with Crippen LogP contribution in [0, 0.1) is 11.3 Å². The van der Waals surface area contributed by atoms with E-state index < -0.39 is 23.6 Å². The fourth-order valence-corrected chi connectivity index (χ4v) is 2.65. The first kappa shape index (κ1) is 18.4. The van der Waals surface area contributed by atoms with Gasteiger partial charge in [0.05, 0.1) is 29.7 Å². The molecule has 0 fully saturated rings. The van der Waals surface area contributed by atoms with Crippen molar-refractivity contribution in [3.05, 3.63) is 58.2 Å². The van der Waals surface area contributed by atoms with Gasteiger partial charge in [0.15, 0.2) is 0 Å². The molecule has 0 radical (unpaired) electrons. The van der Waals surface area contributed by atoms with Gasteiger partial charge in [-0.15, -0.1) is 0 Å². The molecule has 25 heavy (non-hydrogen) atoms. The lowest BCUT2D eigenvalue weighted by Crippen LogP contribution is -2.27. The van der Waals surface area contributed by atoms with E-state index in [1.54, 1.807) is 6.92 Å². The minimum absolute atomic E-state index is 0.00612. The topological polar surface area (TPSA) is 85.3 Å². The Bertz CT molecular complexity index is 804. The van der Waals surface area contributed by atoms with Gasteiger partial charge in [-0.05, 0) is 25.5 Å². The number of hydrogen-bond donors (Lipinski definition) is 1. The van der Waals surface area contributed by atoms with Gasteiger partial charge >= 0.3 is 12.1 Å². The molecule has 0 saturated carbocycles. The van der Waals surface area contributed by atoms with Crippen LogP contribution in [0.15, 0.2) is 47.1 Å². The Morgan fingerprint density at radius 1 is 1.40 bits per heavy atom. The van der Waals surface area contributed by atoms with Gasteiger partial charge in [0, 0.05) is 0 Å². The summed E-state index contributed by atoms with van der Waals surface area (Å²) < 4.78 is 50.3. The van der Waals surface area contributed by atoms with Crippen LogP contribution in [0.2, 0.25) is 0 Å². The highest BCUT2D eigenvalue weighted by molar-refractivity contribution is 5.92. The number of benzene rings is 1. The molecule has 1 aromatic rings. The Kier molecular flexibility index (Phi) is 5.07. The Morgan fingerprint density at radius 2 is 2.04 bits per heavy atom. The number of nitriles is 1. The lowest BCUT2D eigenvalue weighted by atomic mass is 9.81. The summed E-state index contributed by atoms with van der Waals surface area (Å²) in [6.07, 6.45) is -4.67. The normalized spacial score (nSPS) is 17.8. The number of carbonyl (C=O) groups is 1. The first-order chi connectivity index (χ1) is 11.7. The molecule has 5 nitrogen and oxygen atoms in total. The summed E-state index contributed by atoms with van der Waals surface area (Å²) in [7, 11) is 0.